The average Bonchev–Trinajstić information content (AvgIpc) is 3.22. The summed E-state index contributed by atoms with van der Waals surface area (Å²) in [6.45, 7) is 0. The predicted molar refractivity (Wildman–Crippen MR) is 101 cm³/mol. The van der Waals surface area contributed by atoms with E-state index in [1.54, 1.807) is 73.2 Å². The van der Waals surface area contributed by atoms with Crippen molar-refractivity contribution in [3.63, 3.8) is 0 Å². The van der Waals surface area contributed by atoms with E-state index in [0.717, 1.165) is 0 Å². The Balaban J connectivity index is 1.80. The summed E-state index contributed by atoms with van der Waals surface area (Å²) in [6, 6.07) is 19.3. The van der Waals surface area contributed by atoms with Gasteiger partial charge >= 0.3 is 5.97 Å². The van der Waals surface area contributed by atoms with Crippen molar-refractivity contribution in [3.8, 4) is 5.75 Å². The zero-order valence-electron chi connectivity index (χ0n) is 14.0. The second kappa shape index (κ2) is 8.31. The van der Waals surface area contributed by atoms with Crippen molar-refractivity contribution in [3.05, 3.63) is 82.6 Å². The van der Waals surface area contributed by atoms with Crippen LogP contribution in [0.25, 0.3) is 0 Å². The van der Waals surface area contributed by atoms with Crippen molar-refractivity contribution in [2.24, 2.45) is 0 Å². The van der Waals surface area contributed by atoms with E-state index in [1.165, 1.54) is 11.3 Å². The Morgan fingerprint density at radius 1 is 0.962 bits per heavy atom. The van der Waals surface area contributed by atoms with Crippen LogP contribution in [-0.2, 0) is 9.53 Å². The first-order valence-electron chi connectivity index (χ1n) is 7.92. The topological polar surface area (TPSA) is 64.6 Å². The third-order valence-electron chi connectivity index (χ3n) is 3.65. The minimum absolute atomic E-state index is 0.425. The first kappa shape index (κ1) is 17.7. The number of nitrogens with one attached hydrogen (secondary N) is 1. The zero-order chi connectivity index (χ0) is 18.4. The molecule has 0 unspecified atom stereocenters. The molecule has 3 aromatic rings. The molecule has 0 saturated carbocycles. The van der Waals surface area contributed by atoms with Crippen LogP contribution in [0, 0.1) is 0 Å². The second-order valence-electron chi connectivity index (χ2n) is 5.39. The summed E-state index contributed by atoms with van der Waals surface area (Å²) in [4.78, 5) is 25.5. The Morgan fingerprint density at radius 2 is 1.69 bits per heavy atom. The minimum atomic E-state index is -1.05. The third-order valence-corrected chi connectivity index (χ3v) is 4.50. The van der Waals surface area contributed by atoms with Gasteiger partial charge in [0.05, 0.1) is 7.11 Å². The van der Waals surface area contributed by atoms with E-state index >= 15 is 0 Å². The number of anilines is 1. The number of carbonyl (C=O) groups excluding carboxylic acids is 2. The molecule has 0 radical (unpaired) electrons. The van der Waals surface area contributed by atoms with Gasteiger partial charge < -0.3 is 14.8 Å². The minimum Gasteiger partial charge on any atom is -0.497 e. The Kier molecular flexibility index (Phi) is 5.66. The van der Waals surface area contributed by atoms with E-state index in [1.807, 2.05) is 6.07 Å². The normalized spacial score (nSPS) is 11.4. The second-order valence-corrected chi connectivity index (χ2v) is 6.34. The standard InChI is InChI=1S/C20H17NO4S/c1-24-16-11-9-15(10-12-16)21-19(22)18(14-6-3-2-4-7-14)25-20(23)17-8-5-13-26-17/h2-13,18H,1H3,(H,21,22)/t18-/m0/s1. The SMILES string of the molecule is COc1ccc(NC(=O)[C@@H](OC(=O)c2cccs2)c2ccccc2)cc1. The highest BCUT2D eigenvalue weighted by molar-refractivity contribution is 7.11. The van der Waals surface area contributed by atoms with Gasteiger partial charge in [0.15, 0.2) is 0 Å². The van der Waals surface area contributed by atoms with Gasteiger partial charge in [0, 0.05) is 11.3 Å². The monoisotopic (exact) mass is 367 g/mol. The molecule has 0 saturated heterocycles. The lowest BCUT2D eigenvalue weighted by molar-refractivity contribution is -0.125. The molecule has 1 N–H and O–H groups in total. The molecule has 1 atom stereocenters. The molecule has 0 aliphatic carbocycles. The molecule has 1 heterocycles. The van der Waals surface area contributed by atoms with Crippen molar-refractivity contribution in [2.75, 3.05) is 12.4 Å². The maximum absolute atomic E-state index is 12.8. The van der Waals surface area contributed by atoms with Crippen LogP contribution >= 0.6 is 11.3 Å². The molecule has 0 aliphatic heterocycles. The molecule has 5 nitrogen and oxygen atoms in total. The summed E-state index contributed by atoms with van der Waals surface area (Å²) < 4.78 is 10.6. The molecule has 1 amide bonds. The molecular weight excluding hydrogens is 350 g/mol. The number of methoxy groups -OCH3 is 1. The first-order valence-corrected chi connectivity index (χ1v) is 8.79. The number of esters is 1. The fraction of sp³-hybridized carbons (Fsp3) is 0.100. The molecule has 1 aromatic heterocycles. The summed E-state index contributed by atoms with van der Waals surface area (Å²) in [5.41, 5.74) is 1.19. The first-order chi connectivity index (χ1) is 12.7. The van der Waals surface area contributed by atoms with Crippen LogP contribution in [-0.4, -0.2) is 19.0 Å². The predicted octanol–water partition coefficient (Wildman–Crippen LogP) is 4.29. The number of thiophene rings is 1. The van der Waals surface area contributed by atoms with Crippen molar-refractivity contribution < 1.29 is 19.1 Å². The molecule has 0 aliphatic rings. The smallest absolute Gasteiger partial charge is 0.349 e. The molecule has 0 spiro atoms. The Bertz CT molecular complexity index is 861. The van der Waals surface area contributed by atoms with Gasteiger partial charge in [-0.2, -0.15) is 0 Å². The number of rotatable bonds is 6. The summed E-state index contributed by atoms with van der Waals surface area (Å²) in [6.07, 6.45) is -1.05. The van der Waals surface area contributed by atoms with Gasteiger partial charge in [0.1, 0.15) is 10.6 Å². The summed E-state index contributed by atoms with van der Waals surface area (Å²) >= 11 is 1.27. The van der Waals surface area contributed by atoms with Gasteiger partial charge in [-0.05, 0) is 35.7 Å². The van der Waals surface area contributed by atoms with Crippen molar-refractivity contribution in [2.45, 2.75) is 6.10 Å². The van der Waals surface area contributed by atoms with E-state index < -0.39 is 18.0 Å². The van der Waals surface area contributed by atoms with Gasteiger partial charge in [-0.1, -0.05) is 36.4 Å². The van der Waals surface area contributed by atoms with E-state index in [4.69, 9.17) is 9.47 Å². The van der Waals surface area contributed by atoms with E-state index in [-0.39, 0.29) is 0 Å². The Hall–Kier alpha value is -3.12. The number of hydrogen-bond donors (Lipinski definition) is 1. The molecule has 0 fully saturated rings. The summed E-state index contributed by atoms with van der Waals surface area (Å²) in [7, 11) is 1.57. The highest BCUT2D eigenvalue weighted by Gasteiger charge is 2.26. The van der Waals surface area contributed by atoms with Crippen LogP contribution in [0.2, 0.25) is 0 Å². The molecular formula is C20H17NO4S. The summed E-state index contributed by atoms with van der Waals surface area (Å²) in [5, 5.41) is 4.56. The fourth-order valence-electron chi connectivity index (χ4n) is 2.34. The van der Waals surface area contributed by atoms with Crippen molar-refractivity contribution in [1.82, 2.24) is 0 Å². The van der Waals surface area contributed by atoms with Crippen molar-refractivity contribution >= 4 is 28.9 Å². The quantitative estimate of drug-likeness (QED) is 0.660. The van der Waals surface area contributed by atoms with Gasteiger partial charge in [0.2, 0.25) is 6.10 Å². The van der Waals surface area contributed by atoms with Crippen LogP contribution in [0.4, 0.5) is 5.69 Å². The number of ether oxygens (including phenoxy) is 2. The number of benzene rings is 2. The van der Waals surface area contributed by atoms with E-state index in [0.29, 0.717) is 21.9 Å². The average molecular weight is 367 g/mol. The summed E-state index contributed by atoms with van der Waals surface area (Å²) in [5.74, 6) is -0.267. The largest absolute Gasteiger partial charge is 0.497 e. The van der Waals surface area contributed by atoms with Gasteiger partial charge in [-0.15, -0.1) is 11.3 Å². The fourth-order valence-corrected chi connectivity index (χ4v) is 2.95. The van der Waals surface area contributed by atoms with Crippen LogP contribution in [0.15, 0.2) is 72.1 Å². The van der Waals surface area contributed by atoms with Gasteiger partial charge in [-0.3, -0.25) is 4.79 Å². The van der Waals surface area contributed by atoms with Crippen molar-refractivity contribution in [1.29, 1.82) is 0 Å². The number of amides is 1. The third kappa shape index (κ3) is 4.29. The molecule has 6 heteroatoms. The van der Waals surface area contributed by atoms with Gasteiger partial charge in [0.25, 0.3) is 5.91 Å². The molecule has 26 heavy (non-hydrogen) atoms. The van der Waals surface area contributed by atoms with Gasteiger partial charge in [-0.25, -0.2) is 4.79 Å². The van der Waals surface area contributed by atoms with Crippen LogP contribution in [0.5, 0.6) is 5.75 Å². The van der Waals surface area contributed by atoms with Crippen LogP contribution in [0.3, 0.4) is 0 Å². The maximum atomic E-state index is 12.8. The lowest BCUT2D eigenvalue weighted by Crippen LogP contribution is -2.25. The molecule has 132 valence electrons. The van der Waals surface area contributed by atoms with Crippen LogP contribution in [0.1, 0.15) is 21.3 Å². The molecule has 2 aromatic carbocycles. The lowest BCUT2D eigenvalue weighted by Gasteiger charge is -2.18. The Morgan fingerprint density at radius 3 is 2.31 bits per heavy atom. The zero-order valence-corrected chi connectivity index (χ0v) is 14.9. The number of carbonyl (C=O) groups is 2. The van der Waals surface area contributed by atoms with E-state index in [2.05, 4.69) is 5.32 Å². The lowest BCUT2D eigenvalue weighted by atomic mass is 10.1. The molecule has 0 bridgehead atoms. The maximum Gasteiger partial charge on any atom is 0.349 e. The van der Waals surface area contributed by atoms with E-state index in [9.17, 15) is 9.59 Å². The highest BCUT2D eigenvalue weighted by Crippen LogP contribution is 2.23. The highest BCUT2D eigenvalue weighted by atomic mass is 32.1. The molecule has 3 rings (SSSR count). The Labute approximate surface area is 155 Å². The van der Waals surface area contributed by atoms with Crippen LogP contribution < -0.4 is 10.1 Å². The number of hydrogen-bond acceptors (Lipinski definition) is 5.